The van der Waals surface area contributed by atoms with Crippen LogP contribution >= 0.6 is 0 Å². The maximum atomic E-state index is 5.81. The smallest absolute Gasteiger partial charge is 0.0961 e. The summed E-state index contributed by atoms with van der Waals surface area (Å²) in [6, 6.07) is 6.62. The fourth-order valence-corrected chi connectivity index (χ4v) is 3.38. The summed E-state index contributed by atoms with van der Waals surface area (Å²) in [4.78, 5) is 4.49. The van der Waals surface area contributed by atoms with Gasteiger partial charge in [0, 0.05) is 11.7 Å². The number of nitrogens with zero attached hydrogens (tertiary/aromatic N) is 2. The Morgan fingerprint density at radius 3 is 2.89 bits per heavy atom. The molecule has 0 amide bonds. The highest BCUT2D eigenvalue weighted by molar-refractivity contribution is 5.79. The summed E-state index contributed by atoms with van der Waals surface area (Å²) in [7, 11) is 0. The normalized spacial score (nSPS) is 28.7. The third-order valence-corrected chi connectivity index (χ3v) is 4.34. The standard InChI is InChI=1S/C15H21N3/c1-10-3-5-14(11(2)7-10)18-9-17-13-8-12(16)4-6-15(13)18/h4,6,8-11,14H,3,5,7,16H2,1-2H3. The Kier molecular flexibility index (Phi) is 2.77. The summed E-state index contributed by atoms with van der Waals surface area (Å²) in [5.41, 5.74) is 8.83. The van der Waals surface area contributed by atoms with Gasteiger partial charge in [0.2, 0.25) is 0 Å². The predicted molar refractivity (Wildman–Crippen MR) is 75.4 cm³/mol. The van der Waals surface area contributed by atoms with Crippen LogP contribution in [0.4, 0.5) is 5.69 Å². The van der Waals surface area contributed by atoms with Crippen LogP contribution < -0.4 is 5.73 Å². The number of hydrogen-bond acceptors (Lipinski definition) is 2. The second kappa shape index (κ2) is 4.30. The first-order chi connectivity index (χ1) is 8.65. The van der Waals surface area contributed by atoms with Crippen molar-refractivity contribution in [2.45, 2.75) is 39.2 Å². The molecule has 3 heteroatoms. The van der Waals surface area contributed by atoms with E-state index in [0.29, 0.717) is 6.04 Å². The van der Waals surface area contributed by atoms with Gasteiger partial charge in [-0.3, -0.25) is 0 Å². The average molecular weight is 243 g/mol. The minimum atomic E-state index is 0.592. The van der Waals surface area contributed by atoms with E-state index in [0.717, 1.165) is 23.0 Å². The van der Waals surface area contributed by atoms with Crippen LogP contribution in [-0.4, -0.2) is 9.55 Å². The van der Waals surface area contributed by atoms with E-state index in [-0.39, 0.29) is 0 Å². The molecule has 0 bridgehead atoms. The number of aromatic nitrogens is 2. The molecule has 1 heterocycles. The highest BCUT2D eigenvalue weighted by Gasteiger charge is 2.27. The van der Waals surface area contributed by atoms with E-state index < -0.39 is 0 Å². The number of anilines is 1. The van der Waals surface area contributed by atoms with Gasteiger partial charge in [-0.25, -0.2) is 4.98 Å². The van der Waals surface area contributed by atoms with Crippen molar-refractivity contribution in [1.82, 2.24) is 9.55 Å². The van der Waals surface area contributed by atoms with Gasteiger partial charge in [0.1, 0.15) is 0 Å². The largest absolute Gasteiger partial charge is 0.399 e. The maximum absolute atomic E-state index is 5.81. The molecule has 0 spiro atoms. The predicted octanol–water partition coefficient (Wildman–Crippen LogP) is 3.62. The van der Waals surface area contributed by atoms with Crippen LogP contribution in [0, 0.1) is 11.8 Å². The molecule has 96 valence electrons. The minimum Gasteiger partial charge on any atom is -0.399 e. The van der Waals surface area contributed by atoms with Gasteiger partial charge in [-0.2, -0.15) is 0 Å². The van der Waals surface area contributed by atoms with E-state index in [1.165, 1.54) is 24.8 Å². The summed E-state index contributed by atoms with van der Waals surface area (Å²) < 4.78 is 2.35. The highest BCUT2D eigenvalue weighted by atomic mass is 15.1. The van der Waals surface area contributed by atoms with E-state index in [2.05, 4.69) is 29.5 Å². The van der Waals surface area contributed by atoms with Gasteiger partial charge in [0.15, 0.2) is 0 Å². The summed E-state index contributed by atoms with van der Waals surface area (Å²) in [6.07, 6.45) is 5.89. The van der Waals surface area contributed by atoms with Gasteiger partial charge in [0.05, 0.1) is 17.4 Å². The lowest BCUT2D eigenvalue weighted by Crippen LogP contribution is -2.24. The van der Waals surface area contributed by atoms with Crippen LogP contribution in [0.5, 0.6) is 0 Å². The fraction of sp³-hybridized carbons (Fsp3) is 0.533. The lowest BCUT2D eigenvalue weighted by molar-refractivity contribution is 0.211. The van der Waals surface area contributed by atoms with Gasteiger partial charge in [0.25, 0.3) is 0 Å². The molecule has 1 fully saturated rings. The third-order valence-electron chi connectivity index (χ3n) is 4.34. The van der Waals surface area contributed by atoms with Crippen molar-refractivity contribution < 1.29 is 0 Å². The Balaban J connectivity index is 1.99. The summed E-state index contributed by atoms with van der Waals surface area (Å²) in [5.74, 6) is 1.59. The molecule has 3 unspecified atom stereocenters. The van der Waals surface area contributed by atoms with Crippen molar-refractivity contribution in [3.8, 4) is 0 Å². The monoisotopic (exact) mass is 243 g/mol. The van der Waals surface area contributed by atoms with Crippen LogP contribution in [0.15, 0.2) is 24.5 Å². The SMILES string of the molecule is CC1CCC(n2cnc3cc(N)ccc32)C(C)C1. The summed E-state index contributed by atoms with van der Waals surface area (Å²) in [6.45, 7) is 4.73. The molecule has 3 rings (SSSR count). The second-order valence-corrected chi connectivity index (χ2v) is 5.86. The molecule has 1 aromatic heterocycles. The molecule has 2 aromatic rings. The third kappa shape index (κ3) is 1.88. The number of nitrogens with two attached hydrogens (primary N) is 1. The number of hydrogen-bond donors (Lipinski definition) is 1. The second-order valence-electron chi connectivity index (χ2n) is 5.86. The van der Waals surface area contributed by atoms with Crippen LogP contribution in [-0.2, 0) is 0 Å². The molecule has 1 aliphatic rings. The topological polar surface area (TPSA) is 43.8 Å². The van der Waals surface area contributed by atoms with Crippen molar-refractivity contribution in [1.29, 1.82) is 0 Å². The summed E-state index contributed by atoms with van der Waals surface area (Å²) in [5, 5.41) is 0. The van der Waals surface area contributed by atoms with Crippen molar-refractivity contribution in [3.05, 3.63) is 24.5 Å². The Morgan fingerprint density at radius 1 is 1.28 bits per heavy atom. The first-order valence-electron chi connectivity index (χ1n) is 6.87. The van der Waals surface area contributed by atoms with Crippen molar-refractivity contribution in [2.24, 2.45) is 11.8 Å². The van der Waals surface area contributed by atoms with Gasteiger partial charge in [-0.1, -0.05) is 13.8 Å². The van der Waals surface area contributed by atoms with Gasteiger partial charge in [-0.05, 0) is 49.3 Å². The van der Waals surface area contributed by atoms with E-state index in [1.54, 1.807) is 0 Å². The van der Waals surface area contributed by atoms with E-state index >= 15 is 0 Å². The Morgan fingerprint density at radius 2 is 2.11 bits per heavy atom. The number of nitrogen functional groups attached to an aromatic ring is 1. The Bertz CT molecular complexity index is 558. The lowest BCUT2D eigenvalue weighted by atomic mass is 9.79. The molecule has 1 saturated carbocycles. The zero-order chi connectivity index (χ0) is 12.7. The van der Waals surface area contributed by atoms with Crippen molar-refractivity contribution >= 4 is 16.7 Å². The van der Waals surface area contributed by atoms with Crippen LogP contribution in [0.1, 0.15) is 39.2 Å². The van der Waals surface area contributed by atoms with E-state index in [9.17, 15) is 0 Å². The zero-order valence-corrected chi connectivity index (χ0v) is 11.1. The average Bonchev–Trinajstić information content (AvgIpc) is 2.72. The van der Waals surface area contributed by atoms with Crippen molar-refractivity contribution in [2.75, 3.05) is 5.73 Å². The lowest BCUT2D eigenvalue weighted by Gasteiger charge is -2.33. The minimum absolute atomic E-state index is 0.592. The highest BCUT2D eigenvalue weighted by Crippen LogP contribution is 2.38. The number of imidazole rings is 1. The van der Waals surface area contributed by atoms with E-state index in [4.69, 9.17) is 5.73 Å². The molecule has 3 nitrogen and oxygen atoms in total. The molecule has 18 heavy (non-hydrogen) atoms. The van der Waals surface area contributed by atoms with E-state index in [1.807, 2.05) is 18.5 Å². The molecule has 0 aliphatic heterocycles. The molecule has 0 saturated heterocycles. The van der Waals surface area contributed by atoms with Crippen LogP contribution in [0.2, 0.25) is 0 Å². The number of benzene rings is 1. The van der Waals surface area contributed by atoms with Gasteiger partial charge < -0.3 is 10.3 Å². The molecule has 1 aliphatic carbocycles. The fourth-order valence-electron chi connectivity index (χ4n) is 3.38. The van der Waals surface area contributed by atoms with Crippen LogP contribution in [0.3, 0.4) is 0 Å². The van der Waals surface area contributed by atoms with Crippen LogP contribution in [0.25, 0.3) is 11.0 Å². The molecule has 0 radical (unpaired) electrons. The van der Waals surface area contributed by atoms with Gasteiger partial charge in [-0.15, -0.1) is 0 Å². The Labute approximate surface area is 108 Å². The number of rotatable bonds is 1. The number of fused-ring (bicyclic) bond motifs is 1. The first kappa shape index (κ1) is 11.6. The maximum Gasteiger partial charge on any atom is 0.0961 e. The molecule has 2 N–H and O–H groups in total. The molecular weight excluding hydrogens is 222 g/mol. The quantitative estimate of drug-likeness (QED) is 0.777. The van der Waals surface area contributed by atoms with Gasteiger partial charge >= 0.3 is 0 Å². The van der Waals surface area contributed by atoms with Crippen molar-refractivity contribution in [3.63, 3.8) is 0 Å². The Hall–Kier alpha value is -1.51. The first-order valence-corrected chi connectivity index (χ1v) is 6.87. The zero-order valence-electron chi connectivity index (χ0n) is 11.1. The molecular formula is C15H21N3. The summed E-state index contributed by atoms with van der Waals surface area (Å²) >= 11 is 0. The molecule has 3 atom stereocenters. The molecule has 1 aromatic carbocycles.